The highest BCUT2D eigenvalue weighted by molar-refractivity contribution is 5.95. The van der Waals surface area contributed by atoms with Gasteiger partial charge in [0.2, 0.25) is 5.91 Å². The van der Waals surface area contributed by atoms with Gasteiger partial charge in [-0.3, -0.25) is 9.69 Å². The zero-order valence-electron chi connectivity index (χ0n) is 12.8. The van der Waals surface area contributed by atoms with E-state index < -0.39 is 6.55 Å². The number of fused-ring (bicyclic) bond motifs is 1. The number of amides is 1. The quantitative estimate of drug-likeness (QED) is 0.870. The van der Waals surface area contributed by atoms with E-state index in [-0.39, 0.29) is 12.3 Å². The van der Waals surface area contributed by atoms with Crippen molar-refractivity contribution in [2.75, 3.05) is 18.1 Å². The molecule has 8 heteroatoms. The minimum Gasteiger partial charge on any atom is -0.488 e. The number of aryl methyl sites for hydroxylation is 1. The fourth-order valence-corrected chi connectivity index (χ4v) is 2.68. The van der Waals surface area contributed by atoms with Crippen LogP contribution in [0.4, 0.5) is 14.6 Å². The second kappa shape index (κ2) is 5.94. The van der Waals surface area contributed by atoms with Crippen molar-refractivity contribution in [3.63, 3.8) is 0 Å². The Morgan fingerprint density at radius 2 is 2.22 bits per heavy atom. The number of carbonyl (C=O) groups is 1. The summed E-state index contributed by atoms with van der Waals surface area (Å²) in [5.74, 6) is 0.789. The maximum atomic E-state index is 12.9. The SMILES string of the molecule is Cc1nn(C(F)F)c(C)c1CC(=O)N1CCOc2cccnc21. The molecule has 3 heterocycles. The maximum Gasteiger partial charge on any atom is 0.333 e. The fourth-order valence-electron chi connectivity index (χ4n) is 2.68. The van der Waals surface area contributed by atoms with Crippen LogP contribution in [0.3, 0.4) is 0 Å². The van der Waals surface area contributed by atoms with E-state index in [0.717, 1.165) is 0 Å². The monoisotopic (exact) mass is 322 g/mol. The number of hydrogen-bond acceptors (Lipinski definition) is 4. The molecule has 0 aliphatic carbocycles. The van der Waals surface area contributed by atoms with Gasteiger partial charge in [0.1, 0.15) is 6.61 Å². The van der Waals surface area contributed by atoms with Crippen LogP contribution in [0.15, 0.2) is 18.3 Å². The van der Waals surface area contributed by atoms with E-state index in [0.29, 0.717) is 46.4 Å². The number of nitrogens with zero attached hydrogens (tertiary/aromatic N) is 4. The van der Waals surface area contributed by atoms with Crippen LogP contribution in [0.2, 0.25) is 0 Å². The molecule has 122 valence electrons. The second-order valence-electron chi connectivity index (χ2n) is 5.27. The molecule has 0 N–H and O–H groups in total. The van der Waals surface area contributed by atoms with Gasteiger partial charge in [-0.2, -0.15) is 13.9 Å². The largest absolute Gasteiger partial charge is 0.488 e. The van der Waals surface area contributed by atoms with Crippen molar-refractivity contribution < 1.29 is 18.3 Å². The lowest BCUT2D eigenvalue weighted by atomic mass is 10.1. The van der Waals surface area contributed by atoms with Gasteiger partial charge in [-0.1, -0.05) is 0 Å². The number of alkyl halides is 2. The van der Waals surface area contributed by atoms with Gasteiger partial charge in [0.15, 0.2) is 11.6 Å². The lowest BCUT2D eigenvalue weighted by Crippen LogP contribution is -2.39. The van der Waals surface area contributed by atoms with E-state index in [1.54, 1.807) is 32.2 Å². The van der Waals surface area contributed by atoms with Crippen molar-refractivity contribution >= 4 is 11.7 Å². The minimum atomic E-state index is -2.72. The summed E-state index contributed by atoms with van der Waals surface area (Å²) in [5.41, 5.74) is 1.27. The smallest absolute Gasteiger partial charge is 0.333 e. The number of ether oxygens (including phenoxy) is 1. The van der Waals surface area contributed by atoms with Crippen LogP contribution in [-0.4, -0.2) is 33.8 Å². The van der Waals surface area contributed by atoms with Crippen LogP contribution in [0.1, 0.15) is 23.5 Å². The summed E-state index contributed by atoms with van der Waals surface area (Å²) in [5, 5.41) is 3.81. The predicted octanol–water partition coefficient (Wildman–Crippen LogP) is 2.26. The van der Waals surface area contributed by atoms with Crippen LogP contribution in [0, 0.1) is 13.8 Å². The Balaban J connectivity index is 1.86. The number of hydrogen-bond donors (Lipinski definition) is 0. The molecule has 0 spiro atoms. The molecule has 1 aliphatic heterocycles. The predicted molar refractivity (Wildman–Crippen MR) is 78.7 cm³/mol. The van der Waals surface area contributed by atoms with Crippen LogP contribution < -0.4 is 9.64 Å². The Hall–Kier alpha value is -2.51. The van der Waals surface area contributed by atoms with Crippen molar-refractivity contribution in [3.8, 4) is 5.75 Å². The number of pyridine rings is 1. The van der Waals surface area contributed by atoms with Crippen LogP contribution >= 0.6 is 0 Å². The first-order chi connectivity index (χ1) is 11.0. The summed E-state index contributed by atoms with van der Waals surface area (Å²) in [6, 6.07) is 3.47. The highest BCUT2D eigenvalue weighted by atomic mass is 19.3. The fraction of sp³-hybridized carbons (Fsp3) is 0.400. The Bertz CT molecular complexity index is 745. The first-order valence-electron chi connectivity index (χ1n) is 7.20. The molecule has 23 heavy (non-hydrogen) atoms. The number of halogens is 2. The molecule has 6 nitrogen and oxygen atoms in total. The summed E-state index contributed by atoms with van der Waals surface area (Å²) in [6.07, 6.45) is 1.58. The summed E-state index contributed by atoms with van der Waals surface area (Å²) >= 11 is 0. The number of anilines is 1. The third-order valence-electron chi connectivity index (χ3n) is 3.87. The molecular weight excluding hydrogens is 306 g/mol. The average Bonchev–Trinajstić information content (AvgIpc) is 2.82. The number of carbonyl (C=O) groups excluding carboxylic acids is 1. The van der Waals surface area contributed by atoms with Crippen molar-refractivity contribution in [1.29, 1.82) is 0 Å². The molecule has 0 fully saturated rings. The molecular formula is C15H16F2N4O2. The molecule has 0 bridgehead atoms. The van der Waals surface area contributed by atoms with Gasteiger partial charge in [-0.25, -0.2) is 9.67 Å². The first kappa shape index (κ1) is 15.4. The highest BCUT2D eigenvalue weighted by Gasteiger charge is 2.27. The van der Waals surface area contributed by atoms with E-state index in [4.69, 9.17) is 4.74 Å². The van der Waals surface area contributed by atoms with Crippen molar-refractivity contribution in [2.45, 2.75) is 26.8 Å². The normalized spacial score (nSPS) is 13.9. The molecule has 2 aromatic heterocycles. The van der Waals surface area contributed by atoms with E-state index in [1.165, 1.54) is 4.90 Å². The Labute approximate surface area is 131 Å². The Morgan fingerprint density at radius 3 is 2.91 bits per heavy atom. The standard InChI is InChI=1S/C15H16F2N4O2/c1-9-11(10(2)21(19-9)15(16)17)8-13(22)20-6-7-23-12-4-3-5-18-14(12)20/h3-5,15H,6-8H2,1-2H3. The maximum absolute atomic E-state index is 12.9. The van der Waals surface area contributed by atoms with Gasteiger partial charge in [0, 0.05) is 17.5 Å². The molecule has 1 amide bonds. The van der Waals surface area contributed by atoms with E-state index in [9.17, 15) is 13.6 Å². The molecule has 1 aliphatic rings. The summed E-state index contributed by atoms with van der Waals surface area (Å²) in [7, 11) is 0. The van der Waals surface area contributed by atoms with Gasteiger partial charge in [-0.15, -0.1) is 0 Å². The van der Waals surface area contributed by atoms with Crippen molar-refractivity contribution in [3.05, 3.63) is 35.3 Å². The zero-order chi connectivity index (χ0) is 16.6. The van der Waals surface area contributed by atoms with Crippen LogP contribution in [-0.2, 0) is 11.2 Å². The topological polar surface area (TPSA) is 60.2 Å². The summed E-state index contributed by atoms with van der Waals surface area (Å²) < 4.78 is 31.9. The third-order valence-corrected chi connectivity index (χ3v) is 3.87. The molecule has 0 saturated carbocycles. The molecule has 0 atom stereocenters. The lowest BCUT2D eigenvalue weighted by Gasteiger charge is -2.28. The van der Waals surface area contributed by atoms with Gasteiger partial charge in [0.25, 0.3) is 0 Å². The Morgan fingerprint density at radius 1 is 1.43 bits per heavy atom. The highest BCUT2D eigenvalue weighted by Crippen LogP contribution is 2.29. The number of rotatable bonds is 3. The zero-order valence-corrected chi connectivity index (χ0v) is 12.8. The van der Waals surface area contributed by atoms with E-state index >= 15 is 0 Å². The van der Waals surface area contributed by atoms with Crippen molar-refractivity contribution in [2.24, 2.45) is 0 Å². The van der Waals surface area contributed by atoms with E-state index in [1.807, 2.05) is 0 Å². The number of aromatic nitrogens is 3. The Kier molecular flexibility index (Phi) is 3.97. The van der Waals surface area contributed by atoms with E-state index in [2.05, 4.69) is 10.1 Å². The molecule has 0 radical (unpaired) electrons. The molecule has 0 unspecified atom stereocenters. The van der Waals surface area contributed by atoms with Gasteiger partial charge >= 0.3 is 6.55 Å². The first-order valence-corrected chi connectivity index (χ1v) is 7.20. The average molecular weight is 322 g/mol. The molecule has 3 rings (SSSR count). The summed E-state index contributed by atoms with van der Waals surface area (Å²) in [4.78, 5) is 18.3. The van der Waals surface area contributed by atoms with Crippen LogP contribution in [0.25, 0.3) is 0 Å². The van der Waals surface area contributed by atoms with Gasteiger partial charge in [-0.05, 0) is 26.0 Å². The molecule has 0 saturated heterocycles. The summed E-state index contributed by atoms with van der Waals surface area (Å²) in [6.45, 7) is 1.20. The second-order valence-corrected chi connectivity index (χ2v) is 5.27. The molecule has 0 aromatic carbocycles. The lowest BCUT2D eigenvalue weighted by molar-refractivity contribution is -0.118. The van der Waals surface area contributed by atoms with Gasteiger partial charge < -0.3 is 4.74 Å². The minimum absolute atomic E-state index is 0.000398. The molecule has 2 aromatic rings. The van der Waals surface area contributed by atoms with Crippen molar-refractivity contribution in [1.82, 2.24) is 14.8 Å². The third kappa shape index (κ3) is 2.76. The van der Waals surface area contributed by atoms with Crippen LogP contribution in [0.5, 0.6) is 5.75 Å². The van der Waals surface area contributed by atoms with Gasteiger partial charge in [0.05, 0.1) is 18.7 Å².